The molecule has 0 aromatic heterocycles. The van der Waals surface area contributed by atoms with Crippen LogP contribution < -0.4 is 0 Å². The first-order valence-electron chi connectivity index (χ1n) is 3.15. The molecule has 54 valence electrons. The van der Waals surface area contributed by atoms with Crippen molar-refractivity contribution in [2.45, 2.75) is 19.3 Å². The normalized spacial score (nSPS) is 24.0. The number of hydrogen-bond donors (Lipinski definition) is 0. The Labute approximate surface area is 71.3 Å². The maximum Gasteiger partial charge on any atom is 0 e. The second-order valence-electron chi connectivity index (χ2n) is 1.98. The molecule has 0 aromatic carbocycles. The van der Waals surface area contributed by atoms with Gasteiger partial charge in [0, 0.05) is 21.1 Å². The van der Waals surface area contributed by atoms with Crippen LogP contribution in [0, 0.1) is 6.42 Å². The predicted octanol–water partition coefficient (Wildman–Crippen LogP) is 2.48. The van der Waals surface area contributed by atoms with Gasteiger partial charge in [-0.15, -0.1) is 18.6 Å². The molecule has 0 aliphatic heterocycles. The van der Waals surface area contributed by atoms with E-state index in [9.17, 15) is 0 Å². The van der Waals surface area contributed by atoms with Gasteiger partial charge in [-0.05, 0) is 6.42 Å². The van der Waals surface area contributed by atoms with Crippen molar-refractivity contribution in [3.8, 4) is 0 Å². The van der Waals surface area contributed by atoms with Crippen LogP contribution in [0.4, 0.5) is 0 Å². The molecule has 1 heteroatoms. The fourth-order valence-corrected chi connectivity index (χ4v) is 0.767. The van der Waals surface area contributed by atoms with E-state index < -0.39 is 0 Å². The number of allylic oxidation sites excluding steroid dienone is 4. The first kappa shape index (κ1) is 9.04. The third-order valence-corrected chi connectivity index (χ3v) is 1.24. The van der Waals surface area contributed by atoms with Crippen LogP contribution in [0.1, 0.15) is 19.3 Å². The summed E-state index contributed by atoms with van der Waals surface area (Å²) in [5.74, 6) is 0. The average Bonchev–Trinajstić information content (AvgIpc) is 1.62. The molecule has 0 fully saturated rings. The molecular weight excluding hydrogens is 291 g/mol. The molecule has 0 saturated heterocycles. The summed E-state index contributed by atoms with van der Waals surface area (Å²) in [6, 6.07) is 0. The van der Waals surface area contributed by atoms with E-state index in [-0.39, 0.29) is 21.1 Å². The minimum atomic E-state index is 0. The fourth-order valence-electron chi connectivity index (χ4n) is 0.767. The molecular formula is C8H11Pt-. The average molecular weight is 302 g/mol. The molecule has 0 radical (unpaired) electrons. The van der Waals surface area contributed by atoms with E-state index in [4.69, 9.17) is 0 Å². The van der Waals surface area contributed by atoms with E-state index in [1.807, 2.05) is 0 Å². The van der Waals surface area contributed by atoms with Crippen molar-refractivity contribution in [1.82, 2.24) is 0 Å². The Kier molecular flexibility index (Phi) is 6.19. The van der Waals surface area contributed by atoms with Gasteiger partial charge in [-0.25, -0.2) is 18.6 Å². The van der Waals surface area contributed by atoms with Crippen molar-refractivity contribution in [2.75, 3.05) is 0 Å². The summed E-state index contributed by atoms with van der Waals surface area (Å²) in [7, 11) is 0. The summed E-state index contributed by atoms with van der Waals surface area (Å²) in [5.41, 5.74) is 0. The minimum absolute atomic E-state index is 0. The van der Waals surface area contributed by atoms with Crippen molar-refractivity contribution >= 4 is 0 Å². The molecule has 0 bridgehead atoms. The molecule has 0 atom stereocenters. The first-order valence-corrected chi connectivity index (χ1v) is 3.15. The quantitative estimate of drug-likeness (QED) is 0.603. The Hall–Kier alpha value is 0.0383. The zero-order valence-corrected chi connectivity index (χ0v) is 7.60. The molecule has 1 aliphatic rings. The second kappa shape index (κ2) is 6.16. The topological polar surface area (TPSA) is 0 Å². The molecule has 0 heterocycles. The van der Waals surface area contributed by atoms with Gasteiger partial charge >= 0.3 is 0 Å². The van der Waals surface area contributed by atoms with Crippen LogP contribution >= 0.6 is 0 Å². The van der Waals surface area contributed by atoms with E-state index >= 15 is 0 Å². The molecule has 0 unspecified atom stereocenters. The Balaban J connectivity index is 0.000000640. The monoisotopic (exact) mass is 302 g/mol. The molecule has 1 rings (SSSR count). The maximum absolute atomic E-state index is 2.21. The van der Waals surface area contributed by atoms with E-state index in [0.29, 0.717) is 0 Å². The molecule has 9 heavy (non-hydrogen) atoms. The van der Waals surface area contributed by atoms with Crippen molar-refractivity contribution in [3.05, 3.63) is 30.7 Å². The van der Waals surface area contributed by atoms with Crippen LogP contribution in [-0.4, -0.2) is 0 Å². The third kappa shape index (κ3) is 4.54. The third-order valence-electron chi connectivity index (χ3n) is 1.24. The molecule has 0 N–H and O–H groups in total. The van der Waals surface area contributed by atoms with Gasteiger partial charge in [0.1, 0.15) is 0 Å². The SMILES string of the molecule is C1=C\[CH-]CCC\C=C/1.[Pt]. The van der Waals surface area contributed by atoms with Gasteiger partial charge in [-0.2, -0.15) is 0 Å². The van der Waals surface area contributed by atoms with Gasteiger partial charge in [0.15, 0.2) is 0 Å². The smallest absolute Gasteiger partial charge is 0 e. The van der Waals surface area contributed by atoms with E-state index in [1.54, 1.807) is 0 Å². The summed E-state index contributed by atoms with van der Waals surface area (Å²) >= 11 is 0. The van der Waals surface area contributed by atoms with Crippen LogP contribution in [0.25, 0.3) is 0 Å². The summed E-state index contributed by atoms with van der Waals surface area (Å²) in [5, 5.41) is 0. The second-order valence-corrected chi connectivity index (χ2v) is 1.98. The van der Waals surface area contributed by atoms with Crippen LogP contribution in [0.3, 0.4) is 0 Å². The van der Waals surface area contributed by atoms with E-state index in [0.717, 1.165) is 0 Å². The largest absolute Gasteiger partial charge is 0.230 e. The van der Waals surface area contributed by atoms with Crippen molar-refractivity contribution in [1.29, 1.82) is 0 Å². The van der Waals surface area contributed by atoms with E-state index in [1.165, 1.54) is 19.3 Å². The number of hydrogen-bond acceptors (Lipinski definition) is 0. The Morgan fingerprint density at radius 1 is 1.22 bits per heavy atom. The first-order chi connectivity index (χ1) is 4.00. The van der Waals surface area contributed by atoms with Crippen LogP contribution in [-0.2, 0) is 21.1 Å². The van der Waals surface area contributed by atoms with Crippen molar-refractivity contribution in [2.24, 2.45) is 0 Å². The van der Waals surface area contributed by atoms with E-state index in [2.05, 4.69) is 30.7 Å². The summed E-state index contributed by atoms with van der Waals surface area (Å²) in [6.45, 7) is 0. The van der Waals surface area contributed by atoms with Crippen molar-refractivity contribution in [3.63, 3.8) is 0 Å². The van der Waals surface area contributed by atoms with Gasteiger partial charge in [0.2, 0.25) is 0 Å². The van der Waals surface area contributed by atoms with Crippen LogP contribution in [0.5, 0.6) is 0 Å². The van der Waals surface area contributed by atoms with Gasteiger partial charge in [-0.1, -0.05) is 6.42 Å². The molecule has 1 aliphatic carbocycles. The zero-order valence-electron chi connectivity index (χ0n) is 5.32. The standard InChI is InChI=1S/C8H11.Pt/c1-2-4-6-8-7-5-3-1;/h1-5H,6-8H2;/q-1;/b2-1-,5-3-;. The fraction of sp³-hybridized carbons (Fsp3) is 0.375. The number of rotatable bonds is 0. The Morgan fingerprint density at radius 3 is 3.00 bits per heavy atom. The van der Waals surface area contributed by atoms with Crippen LogP contribution in [0.15, 0.2) is 24.3 Å². The summed E-state index contributed by atoms with van der Waals surface area (Å²) < 4.78 is 0. The Bertz CT molecular complexity index is 89.1. The predicted molar refractivity (Wildman–Crippen MR) is 36.4 cm³/mol. The molecule has 0 amide bonds. The molecule has 0 spiro atoms. The van der Waals surface area contributed by atoms with Crippen LogP contribution in [0.2, 0.25) is 0 Å². The molecule has 0 aromatic rings. The van der Waals surface area contributed by atoms with Gasteiger partial charge in [0.05, 0.1) is 0 Å². The van der Waals surface area contributed by atoms with Gasteiger partial charge in [-0.3, -0.25) is 0 Å². The summed E-state index contributed by atoms with van der Waals surface area (Å²) in [6.07, 6.45) is 14.5. The van der Waals surface area contributed by atoms with Gasteiger partial charge < -0.3 is 0 Å². The summed E-state index contributed by atoms with van der Waals surface area (Å²) in [4.78, 5) is 0. The maximum atomic E-state index is 2.21. The minimum Gasteiger partial charge on any atom is -0.230 e. The zero-order chi connectivity index (χ0) is 5.66. The molecule has 0 nitrogen and oxygen atoms in total. The van der Waals surface area contributed by atoms with Crippen molar-refractivity contribution < 1.29 is 21.1 Å². The van der Waals surface area contributed by atoms with Gasteiger partial charge in [0.25, 0.3) is 0 Å². The molecule has 0 saturated carbocycles. The Morgan fingerprint density at radius 2 is 2.11 bits per heavy atom.